The molecule has 0 saturated heterocycles. The quantitative estimate of drug-likeness (QED) is 0.409. The number of terminal acetylenes is 1. The van der Waals surface area contributed by atoms with Gasteiger partial charge in [0.1, 0.15) is 5.75 Å². The molecule has 0 saturated carbocycles. The lowest BCUT2D eigenvalue weighted by Gasteiger charge is -2.12. The third kappa shape index (κ3) is 3.64. The topological polar surface area (TPSA) is 73.1 Å². The van der Waals surface area contributed by atoms with E-state index in [2.05, 4.69) is 21.2 Å². The average molecular weight is 332 g/mol. The van der Waals surface area contributed by atoms with Gasteiger partial charge in [-0.2, -0.15) is 0 Å². The minimum atomic E-state index is 0.578. The van der Waals surface area contributed by atoms with E-state index in [1.807, 2.05) is 36.4 Å². The number of benzene rings is 2. The van der Waals surface area contributed by atoms with Gasteiger partial charge in [-0.1, -0.05) is 18.2 Å². The average Bonchev–Trinajstić information content (AvgIpc) is 2.64. The fourth-order valence-electron chi connectivity index (χ4n) is 2.67. The summed E-state index contributed by atoms with van der Waals surface area (Å²) < 4.78 is 5.44. The molecule has 3 N–H and O–H groups in total. The summed E-state index contributed by atoms with van der Waals surface area (Å²) in [4.78, 5) is 8.89. The molecule has 0 atom stereocenters. The second kappa shape index (κ2) is 7.54. The highest BCUT2D eigenvalue weighted by Crippen LogP contribution is 2.35. The number of fused-ring (bicyclic) bond motifs is 1. The van der Waals surface area contributed by atoms with E-state index < -0.39 is 0 Å². The number of methoxy groups -OCH3 is 1. The fraction of sp³-hybridized carbons (Fsp3) is 0.200. The van der Waals surface area contributed by atoms with E-state index in [4.69, 9.17) is 16.9 Å². The molecule has 0 spiro atoms. The van der Waals surface area contributed by atoms with Crippen molar-refractivity contribution in [3.63, 3.8) is 0 Å². The summed E-state index contributed by atoms with van der Waals surface area (Å²) in [6.45, 7) is 0.741. The summed E-state index contributed by atoms with van der Waals surface area (Å²) in [5, 5.41) is 4.10. The zero-order valence-electron chi connectivity index (χ0n) is 14.1. The van der Waals surface area contributed by atoms with Crippen LogP contribution in [-0.2, 0) is 0 Å². The molecule has 0 radical (unpaired) electrons. The van der Waals surface area contributed by atoms with Crippen molar-refractivity contribution in [1.82, 2.24) is 9.97 Å². The van der Waals surface area contributed by atoms with Crippen LogP contribution in [0.25, 0.3) is 22.0 Å². The Kier molecular flexibility index (Phi) is 5.00. The predicted octanol–water partition coefficient (Wildman–Crippen LogP) is 3.71. The van der Waals surface area contributed by atoms with Gasteiger partial charge in [-0.15, -0.1) is 12.3 Å². The summed E-state index contributed by atoms with van der Waals surface area (Å²) >= 11 is 0. The second-order valence-corrected chi connectivity index (χ2v) is 5.63. The van der Waals surface area contributed by atoms with Gasteiger partial charge in [0.05, 0.1) is 12.6 Å². The lowest BCUT2D eigenvalue weighted by atomic mass is 10.0. The van der Waals surface area contributed by atoms with Crippen molar-refractivity contribution >= 4 is 22.5 Å². The summed E-state index contributed by atoms with van der Waals surface area (Å²) in [6, 6.07) is 11.6. The van der Waals surface area contributed by atoms with Gasteiger partial charge in [-0.05, 0) is 24.6 Å². The third-order valence-corrected chi connectivity index (χ3v) is 3.93. The van der Waals surface area contributed by atoms with Crippen LogP contribution in [0.3, 0.4) is 0 Å². The highest BCUT2D eigenvalue weighted by molar-refractivity contribution is 5.92. The Bertz CT molecular complexity index is 931. The maximum atomic E-state index is 6.27. The third-order valence-electron chi connectivity index (χ3n) is 3.93. The van der Waals surface area contributed by atoms with E-state index in [9.17, 15) is 0 Å². The first-order valence-corrected chi connectivity index (χ1v) is 8.10. The Morgan fingerprint density at radius 2 is 2.08 bits per heavy atom. The number of nitrogens with zero attached hydrogens (tertiary/aromatic N) is 2. The minimum Gasteiger partial charge on any atom is -0.496 e. The lowest BCUT2D eigenvalue weighted by molar-refractivity contribution is 0.416. The molecule has 0 aliphatic rings. The molecule has 0 fully saturated rings. The molecule has 0 aliphatic carbocycles. The molecule has 3 aromatic rings. The van der Waals surface area contributed by atoms with Gasteiger partial charge in [0.25, 0.3) is 0 Å². The zero-order chi connectivity index (χ0) is 17.6. The summed E-state index contributed by atoms with van der Waals surface area (Å²) in [6.07, 6.45) is 8.66. The van der Waals surface area contributed by atoms with Crippen molar-refractivity contribution in [2.24, 2.45) is 0 Å². The number of para-hydroxylation sites is 1. The normalized spacial score (nSPS) is 10.4. The smallest absolute Gasteiger partial charge is 0.223 e. The summed E-state index contributed by atoms with van der Waals surface area (Å²) in [5.41, 5.74) is 9.57. The first-order chi connectivity index (χ1) is 12.2. The minimum absolute atomic E-state index is 0.578. The Labute approximate surface area is 147 Å². The van der Waals surface area contributed by atoms with E-state index in [1.165, 1.54) is 0 Å². The number of nitrogens with one attached hydrogen (secondary N) is 1. The highest BCUT2D eigenvalue weighted by Gasteiger charge is 2.11. The first-order valence-electron chi connectivity index (χ1n) is 8.10. The van der Waals surface area contributed by atoms with Crippen molar-refractivity contribution in [1.29, 1.82) is 0 Å². The van der Waals surface area contributed by atoms with Gasteiger partial charge in [0.15, 0.2) is 0 Å². The van der Waals surface area contributed by atoms with Crippen molar-refractivity contribution < 1.29 is 4.74 Å². The number of rotatable bonds is 6. The van der Waals surface area contributed by atoms with Gasteiger partial charge >= 0.3 is 0 Å². The molecule has 0 amide bonds. The van der Waals surface area contributed by atoms with Crippen LogP contribution < -0.4 is 15.8 Å². The fourth-order valence-corrected chi connectivity index (χ4v) is 2.67. The first kappa shape index (κ1) is 16.6. The Morgan fingerprint density at radius 3 is 2.88 bits per heavy atom. The van der Waals surface area contributed by atoms with Crippen LogP contribution in [0.15, 0.2) is 42.6 Å². The second-order valence-electron chi connectivity index (χ2n) is 5.63. The number of aromatic nitrogens is 2. The maximum absolute atomic E-state index is 6.27. The van der Waals surface area contributed by atoms with Crippen LogP contribution in [0.1, 0.15) is 12.8 Å². The largest absolute Gasteiger partial charge is 0.496 e. The summed E-state index contributed by atoms with van der Waals surface area (Å²) in [5.74, 6) is 3.97. The lowest BCUT2D eigenvalue weighted by Crippen LogP contribution is -2.05. The Morgan fingerprint density at radius 1 is 1.24 bits per heavy atom. The SMILES string of the molecule is C#CCCCNc1ncc2cc(-c3ccccc3OC)c(N)cc2n1. The molecule has 1 heterocycles. The van der Waals surface area contributed by atoms with Crippen molar-refractivity contribution in [3.8, 4) is 29.2 Å². The van der Waals surface area contributed by atoms with E-state index in [0.29, 0.717) is 11.6 Å². The molecule has 0 bridgehead atoms. The monoisotopic (exact) mass is 332 g/mol. The molecule has 2 aromatic carbocycles. The zero-order valence-corrected chi connectivity index (χ0v) is 14.1. The molecule has 1 aromatic heterocycles. The maximum Gasteiger partial charge on any atom is 0.223 e. The molecule has 25 heavy (non-hydrogen) atoms. The predicted molar refractivity (Wildman–Crippen MR) is 102 cm³/mol. The van der Waals surface area contributed by atoms with E-state index >= 15 is 0 Å². The molecular formula is C20H20N4O. The van der Waals surface area contributed by atoms with Gasteiger partial charge in [-0.3, -0.25) is 0 Å². The van der Waals surface area contributed by atoms with Gasteiger partial charge < -0.3 is 15.8 Å². The molecule has 0 aliphatic heterocycles. The number of hydrogen-bond donors (Lipinski definition) is 2. The van der Waals surface area contributed by atoms with E-state index in [-0.39, 0.29) is 0 Å². The standard InChI is InChI=1S/C20H20N4O/c1-3-4-7-10-22-20-23-13-14-11-16(17(21)12-18(14)24-20)15-8-5-6-9-19(15)25-2/h1,5-6,8-9,11-13H,4,7,10,21H2,2H3,(H,22,23,24). The van der Waals surface area contributed by atoms with E-state index in [1.54, 1.807) is 13.3 Å². The van der Waals surface area contributed by atoms with Crippen LogP contribution in [0, 0.1) is 12.3 Å². The highest BCUT2D eigenvalue weighted by atomic mass is 16.5. The number of hydrogen-bond acceptors (Lipinski definition) is 5. The number of nitrogens with two attached hydrogens (primary N) is 1. The number of nitrogen functional groups attached to an aromatic ring is 1. The molecule has 3 rings (SSSR count). The molecule has 5 heteroatoms. The van der Waals surface area contributed by atoms with Crippen LogP contribution in [0.5, 0.6) is 5.75 Å². The Balaban J connectivity index is 1.93. The van der Waals surface area contributed by atoms with Crippen LogP contribution >= 0.6 is 0 Å². The summed E-state index contributed by atoms with van der Waals surface area (Å²) in [7, 11) is 1.65. The van der Waals surface area contributed by atoms with Crippen LogP contribution in [0.4, 0.5) is 11.6 Å². The molecule has 126 valence electrons. The van der Waals surface area contributed by atoms with Gasteiger partial charge in [0.2, 0.25) is 5.95 Å². The van der Waals surface area contributed by atoms with Gasteiger partial charge in [0, 0.05) is 41.4 Å². The van der Waals surface area contributed by atoms with Crippen molar-refractivity contribution in [2.45, 2.75) is 12.8 Å². The number of unbranched alkanes of at least 4 members (excludes halogenated alkanes) is 1. The molecule has 5 nitrogen and oxygen atoms in total. The Hall–Kier alpha value is -3.26. The van der Waals surface area contributed by atoms with Crippen LogP contribution in [0.2, 0.25) is 0 Å². The number of anilines is 2. The molecule has 0 unspecified atom stereocenters. The van der Waals surface area contributed by atoms with Gasteiger partial charge in [-0.25, -0.2) is 9.97 Å². The number of ether oxygens (including phenoxy) is 1. The van der Waals surface area contributed by atoms with E-state index in [0.717, 1.165) is 47.2 Å². The van der Waals surface area contributed by atoms with Crippen molar-refractivity contribution in [3.05, 3.63) is 42.6 Å². The van der Waals surface area contributed by atoms with Crippen LogP contribution in [-0.4, -0.2) is 23.6 Å². The molecular weight excluding hydrogens is 312 g/mol. The van der Waals surface area contributed by atoms with Crippen molar-refractivity contribution in [2.75, 3.05) is 24.7 Å².